The highest BCUT2D eigenvalue weighted by Crippen LogP contribution is 2.28. The predicted molar refractivity (Wildman–Crippen MR) is 117 cm³/mol. The van der Waals surface area contributed by atoms with Gasteiger partial charge in [-0.15, -0.1) is 11.6 Å². The number of likely N-dealkylation sites (tertiary alicyclic amines) is 1. The summed E-state index contributed by atoms with van der Waals surface area (Å²) in [5.41, 5.74) is -0.00167. The Morgan fingerprint density at radius 1 is 1.00 bits per heavy atom. The Balaban J connectivity index is 1.48. The van der Waals surface area contributed by atoms with Crippen molar-refractivity contribution in [2.24, 2.45) is 5.41 Å². The lowest BCUT2D eigenvalue weighted by Gasteiger charge is -2.34. The maximum atomic E-state index is 12.9. The van der Waals surface area contributed by atoms with Gasteiger partial charge >= 0.3 is 0 Å². The van der Waals surface area contributed by atoms with Crippen molar-refractivity contribution in [3.05, 3.63) is 35.9 Å². The van der Waals surface area contributed by atoms with Gasteiger partial charge in [0.25, 0.3) is 5.91 Å². The molecule has 1 saturated carbocycles. The van der Waals surface area contributed by atoms with Gasteiger partial charge in [0.1, 0.15) is 6.04 Å². The molecule has 7 heteroatoms. The molecule has 30 heavy (non-hydrogen) atoms. The van der Waals surface area contributed by atoms with E-state index < -0.39 is 11.5 Å². The van der Waals surface area contributed by atoms with Gasteiger partial charge in [0.2, 0.25) is 11.8 Å². The second kappa shape index (κ2) is 9.82. The Morgan fingerprint density at radius 2 is 1.60 bits per heavy atom. The maximum Gasteiger partial charge on any atom is 0.251 e. The van der Waals surface area contributed by atoms with Crippen LogP contribution in [0.3, 0.4) is 0 Å². The topological polar surface area (TPSA) is 78.5 Å². The van der Waals surface area contributed by atoms with Crippen molar-refractivity contribution in [2.75, 3.05) is 12.4 Å². The summed E-state index contributed by atoms with van der Waals surface area (Å²) in [6, 6.07) is 9.01. The number of carbonyl (C=O) groups excluding carboxylic acids is 3. The van der Waals surface area contributed by atoms with Crippen LogP contribution in [0, 0.1) is 5.41 Å². The molecule has 2 fully saturated rings. The number of hydrogen-bond acceptors (Lipinski definition) is 3. The smallest absolute Gasteiger partial charge is 0.251 e. The largest absolute Gasteiger partial charge is 0.352 e. The van der Waals surface area contributed by atoms with E-state index in [1.165, 1.54) is 0 Å². The van der Waals surface area contributed by atoms with Crippen LogP contribution < -0.4 is 10.6 Å². The predicted octanol–water partition coefficient (Wildman–Crippen LogP) is 3.10. The summed E-state index contributed by atoms with van der Waals surface area (Å²) >= 11 is 5.96. The summed E-state index contributed by atoms with van der Waals surface area (Å²) in [6.07, 6.45) is 4.82. The Morgan fingerprint density at radius 3 is 2.20 bits per heavy atom. The Bertz CT molecular complexity index is 760. The SMILES string of the molecule is CC(C)(CCl)C(=O)N1CCC[C@H]1C(=O)NC1CCC(NC(=O)c2ccccc2)CC1. The highest BCUT2D eigenvalue weighted by atomic mass is 35.5. The number of amides is 3. The monoisotopic (exact) mass is 433 g/mol. The van der Waals surface area contributed by atoms with E-state index in [1.807, 2.05) is 32.0 Å². The first-order valence-corrected chi connectivity index (χ1v) is 11.4. The highest BCUT2D eigenvalue weighted by molar-refractivity contribution is 6.19. The average Bonchev–Trinajstić information content (AvgIpc) is 3.25. The lowest BCUT2D eigenvalue weighted by molar-refractivity contribution is -0.144. The van der Waals surface area contributed by atoms with Crippen molar-refractivity contribution in [2.45, 2.75) is 70.5 Å². The van der Waals surface area contributed by atoms with Gasteiger partial charge in [0, 0.05) is 30.1 Å². The van der Waals surface area contributed by atoms with Crippen molar-refractivity contribution in [1.82, 2.24) is 15.5 Å². The molecule has 0 unspecified atom stereocenters. The molecule has 0 bridgehead atoms. The number of alkyl halides is 1. The molecule has 3 rings (SSSR count). The van der Waals surface area contributed by atoms with Crippen LogP contribution in [0.25, 0.3) is 0 Å². The van der Waals surface area contributed by atoms with E-state index in [0.29, 0.717) is 18.5 Å². The van der Waals surface area contributed by atoms with Gasteiger partial charge in [-0.2, -0.15) is 0 Å². The van der Waals surface area contributed by atoms with E-state index in [-0.39, 0.29) is 35.7 Å². The molecule has 0 aromatic heterocycles. The van der Waals surface area contributed by atoms with Crippen LogP contribution in [0.1, 0.15) is 62.7 Å². The molecule has 6 nitrogen and oxygen atoms in total. The van der Waals surface area contributed by atoms with Crippen LogP contribution in [0.4, 0.5) is 0 Å². The zero-order valence-corrected chi connectivity index (χ0v) is 18.6. The molecule has 0 radical (unpaired) electrons. The molecule has 1 heterocycles. The zero-order valence-electron chi connectivity index (χ0n) is 17.8. The molecule has 1 aliphatic heterocycles. The van der Waals surface area contributed by atoms with Gasteiger partial charge in [-0.25, -0.2) is 0 Å². The molecule has 2 N–H and O–H groups in total. The quantitative estimate of drug-likeness (QED) is 0.676. The third-order valence-corrected chi connectivity index (χ3v) is 6.84. The molecular weight excluding hydrogens is 402 g/mol. The van der Waals surface area contributed by atoms with Gasteiger partial charge in [-0.3, -0.25) is 14.4 Å². The maximum absolute atomic E-state index is 12.9. The third-order valence-electron chi connectivity index (χ3n) is 6.17. The minimum Gasteiger partial charge on any atom is -0.352 e. The lowest BCUT2D eigenvalue weighted by Crippen LogP contribution is -2.53. The number of halogens is 1. The van der Waals surface area contributed by atoms with Gasteiger partial charge in [-0.05, 0) is 64.5 Å². The fraction of sp³-hybridized carbons (Fsp3) is 0.609. The Labute approximate surface area is 183 Å². The third kappa shape index (κ3) is 5.34. The average molecular weight is 434 g/mol. The van der Waals surface area contributed by atoms with Crippen LogP contribution >= 0.6 is 11.6 Å². The van der Waals surface area contributed by atoms with E-state index in [0.717, 1.165) is 32.1 Å². The van der Waals surface area contributed by atoms with E-state index >= 15 is 0 Å². The van der Waals surface area contributed by atoms with Crippen molar-refractivity contribution in [1.29, 1.82) is 0 Å². The lowest BCUT2D eigenvalue weighted by atomic mass is 9.90. The van der Waals surface area contributed by atoms with Crippen LogP contribution in [0.15, 0.2) is 30.3 Å². The number of carbonyl (C=O) groups is 3. The molecule has 3 amide bonds. The summed E-state index contributed by atoms with van der Waals surface area (Å²) in [6.45, 7) is 4.25. The Hall–Kier alpha value is -2.08. The minimum atomic E-state index is -0.667. The van der Waals surface area contributed by atoms with Gasteiger partial charge in [0.05, 0.1) is 5.41 Å². The summed E-state index contributed by atoms with van der Waals surface area (Å²) < 4.78 is 0. The summed E-state index contributed by atoms with van der Waals surface area (Å²) in [5, 5.41) is 6.23. The number of rotatable bonds is 6. The van der Waals surface area contributed by atoms with Gasteiger partial charge in [-0.1, -0.05) is 18.2 Å². The van der Waals surface area contributed by atoms with Crippen LogP contribution in [-0.4, -0.2) is 53.2 Å². The first kappa shape index (κ1) is 22.6. The fourth-order valence-corrected chi connectivity index (χ4v) is 4.38. The normalized spacial score (nSPS) is 24.4. The van der Waals surface area contributed by atoms with Gasteiger partial charge < -0.3 is 15.5 Å². The number of nitrogens with one attached hydrogen (secondary N) is 2. The van der Waals surface area contributed by atoms with Crippen molar-refractivity contribution in [3.8, 4) is 0 Å². The first-order chi connectivity index (χ1) is 14.3. The summed E-state index contributed by atoms with van der Waals surface area (Å²) in [7, 11) is 0. The second-order valence-electron chi connectivity index (χ2n) is 9.07. The number of benzene rings is 1. The standard InChI is InChI=1S/C23H32ClN3O3/c1-23(2,15-24)22(30)27-14-6-9-19(27)21(29)26-18-12-10-17(11-13-18)25-20(28)16-7-4-3-5-8-16/h3-5,7-8,17-19H,6,9-15H2,1-2H3,(H,25,28)(H,26,29)/t17?,18?,19-/m0/s1. The van der Waals surface area contributed by atoms with E-state index in [4.69, 9.17) is 11.6 Å². The molecule has 0 spiro atoms. The molecule has 1 aromatic carbocycles. The summed E-state index contributed by atoms with van der Waals surface area (Å²) in [4.78, 5) is 39.7. The van der Waals surface area contributed by atoms with Crippen LogP contribution in [-0.2, 0) is 9.59 Å². The molecule has 1 aliphatic carbocycles. The summed E-state index contributed by atoms with van der Waals surface area (Å²) in [5.74, 6) is 0.0608. The fourth-order valence-electron chi connectivity index (χ4n) is 4.27. The van der Waals surface area contributed by atoms with Crippen molar-refractivity contribution in [3.63, 3.8) is 0 Å². The molecular formula is C23H32ClN3O3. The number of hydrogen-bond donors (Lipinski definition) is 2. The number of nitrogens with zero attached hydrogens (tertiary/aromatic N) is 1. The first-order valence-electron chi connectivity index (χ1n) is 10.8. The second-order valence-corrected chi connectivity index (χ2v) is 9.34. The van der Waals surface area contributed by atoms with E-state index in [1.54, 1.807) is 17.0 Å². The zero-order chi connectivity index (χ0) is 21.7. The molecule has 2 aliphatic rings. The van der Waals surface area contributed by atoms with Crippen molar-refractivity contribution >= 4 is 29.3 Å². The van der Waals surface area contributed by atoms with Crippen molar-refractivity contribution < 1.29 is 14.4 Å². The Kier molecular flexibility index (Phi) is 7.40. The van der Waals surface area contributed by atoms with Gasteiger partial charge in [0.15, 0.2) is 0 Å². The van der Waals surface area contributed by atoms with E-state index in [2.05, 4.69) is 10.6 Å². The minimum absolute atomic E-state index is 0.0508. The van der Waals surface area contributed by atoms with E-state index in [9.17, 15) is 14.4 Å². The van der Waals surface area contributed by atoms with Crippen LogP contribution in [0.5, 0.6) is 0 Å². The molecule has 1 atom stereocenters. The highest BCUT2D eigenvalue weighted by Gasteiger charge is 2.40. The molecule has 164 valence electrons. The van der Waals surface area contributed by atoms with Crippen LogP contribution in [0.2, 0.25) is 0 Å². The molecule has 1 aromatic rings. The molecule has 1 saturated heterocycles.